The second-order valence-corrected chi connectivity index (χ2v) is 6.21. The molecule has 0 aliphatic carbocycles. The van der Waals surface area contributed by atoms with E-state index in [4.69, 9.17) is 0 Å². The van der Waals surface area contributed by atoms with Crippen molar-refractivity contribution in [2.24, 2.45) is 0 Å². The van der Waals surface area contributed by atoms with E-state index in [-0.39, 0.29) is 38.0 Å². The van der Waals surface area contributed by atoms with E-state index >= 15 is 0 Å². The van der Waals surface area contributed by atoms with Crippen molar-refractivity contribution in [3.63, 3.8) is 0 Å². The summed E-state index contributed by atoms with van der Waals surface area (Å²) in [4.78, 5) is 27.9. The lowest BCUT2D eigenvalue weighted by Crippen LogP contribution is -2.41. The van der Waals surface area contributed by atoms with E-state index in [1.807, 2.05) is 30.3 Å². The monoisotopic (exact) mass is 342 g/mol. The molecule has 0 saturated carbocycles. The number of aliphatic hydroxyl groups is 1. The Bertz CT molecular complexity index is 702. The van der Waals surface area contributed by atoms with E-state index in [0.717, 1.165) is 12.0 Å². The van der Waals surface area contributed by atoms with Gasteiger partial charge in [0.1, 0.15) is 6.54 Å². The van der Waals surface area contributed by atoms with Crippen LogP contribution in [0.3, 0.4) is 0 Å². The minimum atomic E-state index is -0.746. The van der Waals surface area contributed by atoms with Crippen LogP contribution < -0.4 is 0 Å². The first-order chi connectivity index (χ1) is 12.1. The van der Waals surface area contributed by atoms with Gasteiger partial charge in [-0.15, -0.1) is 0 Å². The maximum absolute atomic E-state index is 12.5. The van der Waals surface area contributed by atoms with Gasteiger partial charge in [-0.1, -0.05) is 30.3 Å². The number of carbonyl (C=O) groups excluding carboxylic acids is 2. The molecule has 1 atom stereocenters. The molecule has 7 nitrogen and oxygen atoms in total. The highest BCUT2D eigenvalue weighted by atomic mass is 16.3. The normalized spacial score (nSPS) is 18.3. The predicted octanol–water partition coefficient (Wildman–Crippen LogP) is 0.158. The Labute approximate surface area is 146 Å². The highest BCUT2D eigenvalue weighted by Gasteiger charge is 2.29. The second kappa shape index (κ2) is 7.94. The molecule has 1 saturated heterocycles. The lowest BCUT2D eigenvalue weighted by molar-refractivity contribution is -0.139. The molecule has 132 valence electrons. The standard InChI is InChI=1S/C18H22N4O3/c23-16-11-20(10-7-15-5-2-1-3-6-15)17(24)13-21(12-16)18(25)14-22-9-4-8-19-22/h1-6,8-9,16,23H,7,10-14H2. The Morgan fingerprint density at radius 3 is 2.72 bits per heavy atom. The molecule has 0 spiro atoms. The Kier molecular flexibility index (Phi) is 5.45. The summed E-state index contributed by atoms with van der Waals surface area (Å²) in [5.74, 6) is -0.359. The van der Waals surface area contributed by atoms with Crippen LogP contribution in [0.15, 0.2) is 48.8 Å². The Morgan fingerprint density at radius 2 is 2.00 bits per heavy atom. The molecule has 2 aromatic rings. The number of rotatable bonds is 5. The minimum absolute atomic E-state index is 0.00798. The molecule has 2 amide bonds. The van der Waals surface area contributed by atoms with Crippen molar-refractivity contribution in [2.75, 3.05) is 26.2 Å². The Balaban J connectivity index is 1.59. The second-order valence-electron chi connectivity index (χ2n) is 6.21. The topological polar surface area (TPSA) is 78.7 Å². The van der Waals surface area contributed by atoms with Crippen LogP contribution in [0.2, 0.25) is 0 Å². The van der Waals surface area contributed by atoms with E-state index < -0.39 is 6.10 Å². The van der Waals surface area contributed by atoms with Crippen molar-refractivity contribution in [1.29, 1.82) is 0 Å². The first kappa shape index (κ1) is 17.2. The zero-order valence-corrected chi connectivity index (χ0v) is 14.0. The van der Waals surface area contributed by atoms with Crippen LogP contribution in [-0.2, 0) is 22.6 Å². The molecule has 1 aliphatic heterocycles. The van der Waals surface area contributed by atoms with Crippen LogP contribution in [0.4, 0.5) is 0 Å². The summed E-state index contributed by atoms with van der Waals surface area (Å²) < 4.78 is 1.51. The van der Waals surface area contributed by atoms with Crippen molar-refractivity contribution in [1.82, 2.24) is 19.6 Å². The van der Waals surface area contributed by atoms with Gasteiger partial charge in [0.25, 0.3) is 0 Å². The van der Waals surface area contributed by atoms with Crippen LogP contribution in [0.1, 0.15) is 5.56 Å². The molecule has 0 bridgehead atoms. The van der Waals surface area contributed by atoms with Crippen LogP contribution in [0, 0.1) is 0 Å². The van der Waals surface area contributed by atoms with Gasteiger partial charge in [-0.25, -0.2) is 0 Å². The summed E-state index contributed by atoms with van der Waals surface area (Å²) in [6.07, 6.45) is 3.27. The summed E-state index contributed by atoms with van der Waals surface area (Å²) in [6.45, 7) is 0.995. The zero-order valence-electron chi connectivity index (χ0n) is 14.0. The van der Waals surface area contributed by atoms with Gasteiger partial charge in [-0.2, -0.15) is 5.10 Å². The minimum Gasteiger partial charge on any atom is -0.389 e. The fraction of sp³-hybridized carbons (Fsp3) is 0.389. The number of hydrogen-bond donors (Lipinski definition) is 1. The molecule has 1 aliphatic rings. The van der Waals surface area contributed by atoms with Gasteiger partial charge in [0.2, 0.25) is 11.8 Å². The molecule has 1 unspecified atom stereocenters. The van der Waals surface area contributed by atoms with Crippen molar-refractivity contribution in [3.8, 4) is 0 Å². The van der Waals surface area contributed by atoms with Crippen molar-refractivity contribution in [2.45, 2.75) is 19.1 Å². The number of amides is 2. The number of aromatic nitrogens is 2. The molecule has 1 N–H and O–H groups in total. The summed E-state index contributed by atoms with van der Waals surface area (Å²) in [5, 5.41) is 14.2. The van der Waals surface area contributed by atoms with Crippen molar-refractivity contribution >= 4 is 11.8 Å². The van der Waals surface area contributed by atoms with Crippen LogP contribution >= 0.6 is 0 Å². The predicted molar refractivity (Wildman–Crippen MR) is 91.5 cm³/mol. The molecular formula is C18H22N4O3. The molecule has 3 rings (SSSR count). The van der Waals surface area contributed by atoms with Gasteiger partial charge >= 0.3 is 0 Å². The molecule has 1 aromatic heterocycles. The summed E-state index contributed by atoms with van der Waals surface area (Å²) in [6, 6.07) is 11.6. The summed E-state index contributed by atoms with van der Waals surface area (Å²) in [5.41, 5.74) is 1.14. The molecule has 0 radical (unpaired) electrons. The number of hydrogen-bond acceptors (Lipinski definition) is 4. The number of β-amino-alcohol motifs (C(OH)–C–C–N with tert-alkyl or cyclic N) is 1. The Morgan fingerprint density at radius 1 is 1.20 bits per heavy atom. The quantitative estimate of drug-likeness (QED) is 0.839. The highest BCUT2D eigenvalue weighted by molar-refractivity contribution is 5.85. The SMILES string of the molecule is O=C1CN(C(=O)Cn2cccn2)CC(O)CN1CCc1ccccc1. The van der Waals surface area contributed by atoms with E-state index in [9.17, 15) is 14.7 Å². The number of nitrogens with zero attached hydrogens (tertiary/aromatic N) is 4. The summed E-state index contributed by atoms with van der Waals surface area (Å²) >= 11 is 0. The van der Waals surface area contributed by atoms with Crippen molar-refractivity contribution in [3.05, 3.63) is 54.4 Å². The number of aliphatic hydroxyl groups excluding tert-OH is 1. The molecule has 7 heteroatoms. The van der Waals surface area contributed by atoms with Gasteiger partial charge in [0, 0.05) is 32.0 Å². The smallest absolute Gasteiger partial charge is 0.244 e. The number of benzene rings is 1. The molecule has 1 fully saturated rings. The third kappa shape index (κ3) is 4.67. The van der Waals surface area contributed by atoms with Crippen LogP contribution in [0.25, 0.3) is 0 Å². The first-order valence-electron chi connectivity index (χ1n) is 8.37. The number of carbonyl (C=O) groups is 2. The average molecular weight is 342 g/mol. The van der Waals surface area contributed by atoms with Crippen LogP contribution in [-0.4, -0.2) is 68.8 Å². The van der Waals surface area contributed by atoms with E-state index in [1.54, 1.807) is 23.4 Å². The van der Waals surface area contributed by atoms with Crippen molar-refractivity contribution < 1.29 is 14.7 Å². The van der Waals surface area contributed by atoms with Crippen LogP contribution in [0.5, 0.6) is 0 Å². The summed E-state index contributed by atoms with van der Waals surface area (Å²) in [7, 11) is 0. The van der Waals surface area contributed by atoms with Gasteiger partial charge in [0.15, 0.2) is 0 Å². The average Bonchev–Trinajstić information content (AvgIpc) is 3.06. The third-order valence-electron chi connectivity index (χ3n) is 4.26. The van der Waals surface area contributed by atoms with Gasteiger partial charge in [-0.3, -0.25) is 14.3 Å². The fourth-order valence-electron chi connectivity index (χ4n) is 2.94. The maximum atomic E-state index is 12.5. The highest BCUT2D eigenvalue weighted by Crippen LogP contribution is 2.09. The molecule has 1 aromatic carbocycles. The first-order valence-corrected chi connectivity index (χ1v) is 8.37. The zero-order chi connectivity index (χ0) is 17.6. The lowest BCUT2D eigenvalue weighted by atomic mass is 10.1. The van der Waals surface area contributed by atoms with Gasteiger partial charge in [-0.05, 0) is 18.1 Å². The molecular weight excluding hydrogens is 320 g/mol. The van der Waals surface area contributed by atoms with Gasteiger partial charge < -0.3 is 14.9 Å². The maximum Gasteiger partial charge on any atom is 0.244 e. The third-order valence-corrected chi connectivity index (χ3v) is 4.26. The van der Waals surface area contributed by atoms with E-state index in [2.05, 4.69) is 5.10 Å². The van der Waals surface area contributed by atoms with E-state index in [1.165, 1.54) is 9.58 Å². The Hall–Kier alpha value is -2.67. The molecule has 25 heavy (non-hydrogen) atoms. The van der Waals surface area contributed by atoms with Gasteiger partial charge in [0.05, 0.1) is 12.6 Å². The largest absolute Gasteiger partial charge is 0.389 e. The lowest BCUT2D eigenvalue weighted by Gasteiger charge is -2.21. The fourth-order valence-corrected chi connectivity index (χ4v) is 2.94. The van der Waals surface area contributed by atoms with E-state index in [0.29, 0.717) is 6.54 Å². The molecule has 2 heterocycles.